The topological polar surface area (TPSA) is 87.6 Å². The number of nitriles is 1. The Morgan fingerprint density at radius 2 is 2.11 bits per heavy atom. The van der Waals surface area contributed by atoms with Crippen molar-refractivity contribution in [2.75, 3.05) is 11.1 Å². The summed E-state index contributed by atoms with van der Waals surface area (Å²) in [5.74, 6) is 1.45. The molecule has 5 nitrogen and oxygen atoms in total. The van der Waals surface area contributed by atoms with Gasteiger partial charge in [-0.3, -0.25) is 0 Å². The van der Waals surface area contributed by atoms with Gasteiger partial charge >= 0.3 is 0 Å². The number of aromatic nitrogens is 2. The van der Waals surface area contributed by atoms with E-state index >= 15 is 0 Å². The summed E-state index contributed by atoms with van der Waals surface area (Å²) in [6.45, 7) is 1.74. The highest BCUT2D eigenvalue weighted by Crippen LogP contribution is 2.23. The number of nitrogens with one attached hydrogen (secondary N) is 1. The fourth-order valence-corrected chi connectivity index (χ4v) is 1.68. The fourth-order valence-electron chi connectivity index (χ4n) is 1.51. The second-order valence-corrected chi connectivity index (χ2v) is 4.09. The summed E-state index contributed by atoms with van der Waals surface area (Å²) in [6, 6.07) is 8.63. The van der Waals surface area contributed by atoms with Crippen LogP contribution in [0.3, 0.4) is 0 Å². The molecule has 0 unspecified atom stereocenters. The standard InChI is InChI=1S/C12H10ClN5/c1-7-16-11(15)5-12(17-7)18-10-4-9(13)3-2-8(10)6-14/h2-5H,1H3,(H3,15,16,17,18). The molecule has 0 spiro atoms. The zero-order valence-electron chi connectivity index (χ0n) is 9.61. The number of halogens is 1. The van der Waals surface area contributed by atoms with Crippen LogP contribution in [0, 0.1) is 18.3 Å². The molecule has 0 aliphatic heterocycles. The molecule has 90 valence electrons. The minimum Gasteiger partial charge on any atom is -0.384 e. The maximum atomic E-state index is 9.01. The molecule has 0 fully saturated rings. The average molecular weight is 260 g/mol. The quantitative estimate of drug-likeness (QED) is 0.866. The van der Waals surface area contributed by atoms with Crippen molar-refractivity contribution in [3.8, 4) is 6.07 Å². The first-order valence-corrected chi connectivity index (χ1v) is 5.54. The van der Waals surface area contributed by atoms with Gasteiger partial charge in [0.25, 0.3) is 0 Å². The van der Waals surface area contributed by atoms with E-state index in [9.17, 15) is 0 Å². The zero-order chi connectivity index (χ0) is 13.1. The van der Waals surface area contributed by atoms with Gasteiger partial charge in [-0.1, -0.05) is 11.6 Å². The number of nitrogens with zero attached hydrogens (tertiary/aromatic N) is 3. The molecule has 0 radical (unpaired) electrons. The Labute approximate surface area is 109 Å². The number of nitrogen functional groups attached to an aromatic ring is 1. The summed E-state index contributed by atoms with van der Waals surface area (Å²) in [7, 11) is 0. The van der Waals surface area contributed by atoms with Gasteiger partial charge < -0.3 is 11.1 Å². The van der Waals surface area contributed by atoms with Gasteiger partial charge in [0.15, 0.2) is 0 Å². The van der Waals surface area contributed by atoms with Gasteiger partial charge in [0.2, 0.25) is 0 Å². The van der Waals surface area contributed by atoms with Crippen LogP contribution in [0.15, 0.2) is 24.3 Å². The predicted octanol–water partition coefficient (Wildman–Crippen LogP) is 2.64. The molecule has 0 amide bonds. The molecule has 0 bridgehead atoms. The molecule has 0 saturated carbocycles. The van der Waals surface area contributed by atoms with E-state index in [-0.39, 0.29) is 0 Å². The Balaban J connectivity index is 2.39. The number of anilines is 3. The highest BCUT2D eigenvalue weighted by atomic mass is 35.5. The van der Waals surface area contributed by atoms with Crippen LogP contribution in [0.4, 0.5) is 17.3 Å². The second kappa shape index (κ2) is 4.90. The van der Waals surface area contributed by atoms with Crippen molar-refractivity contribution in [2.24, 2.45) is 0 Å². The average Bonchev–Trinajstić information content (AvgIpc) is 2.27. The molecule has 18 heavy (non-hydrogen) atoms. The molecule has 0 aliphatic carbocycles. The number of aryl methyl sites for hydroxylation is 1. The summed E-state index contributed by atoms with van der Waals surface area (Å²) in [6.07, 6.45) is 0. The third-order valence-electron chi connectivity index (χ3n) is 2.22. The summed E-state index contributed by atoms with van der Waals surface area (Å²) < 4.78 is 0. The van der Waals surface area contributed by atoms with Gasteiger partial charge in [-0.2, -0.15) is 5.26 Å². The number of hydrogen-bond donors (Lipinski definition) is 2. The van der Waals surface area contributed by atoms with Crippen molar-refractivity contribution in [3.63, 3.8) is 0 Å². The fraction of sp³-hybridized carbons (Fsp3) is 0.0833. The molecule has 0 atom stereocenters. The van der Waals surface area contributed by atoms with Crippen molar-refractivity contribution in [3.05, 3.63) is 40.7 Å². The SMILES string of the molecule is Cc1nc(N)cc(Nc2cc(Cl)ccc2C#N)n1. The van der Waals surface area contributed by atoms with E-state index in [1.54, 1.807) is 31.2 Å². The number of rotatable bonds is 2. The predicted molar refractivity (Wildman–Crippen MR) is 70.6 cm³/mol. The van der Waals surface area contributed by atoms with E-state index in [1.165, 1.54) is 0 Å². The lowest BCUT2D eigenvalue weighted by Gasteiger charge is -2.08. The van der Waals surface area contributed by atoms with Crippen LogP contribution in [0.5, 0.6) is 0 Å². The molecule has 6 heteroatoms. The first kappa shape index (κ1) is 12.1. The molecule has 1 aromatic carbocycles. The highest BCUT2D eigenvalue weighted by Gasteiger charge is 2.05. The highest BCUT2D eigenvalue weighted by molar-refractivity contribution is 6.30. The first-order chi connectivity index (χ1) is 8.58. The maximum absolute atomic E-state index is 9.01. The maximum Gasteiger partial charge on any atom is 0.136 e. The molecule has 0 saturated heterocycles. The Morgan fingerprint density at radius 1 is 1.33 bits per heavy atom. The van der Waals surface area contributed by atoms with Crippen LogP contribution in [-0.2, 0) is 0 Å². The lowest BCUT2D eigenvalue weighted by atomic mass is 10.2. The Hall–Kier alpha value is -2.32. The van der Waals surface area contributed by atoms with E-state index in [4.69, 9.17) is 22.6 Å². The van der Waals surface area contributed by atoms with E-state index in [0.29, 0.717) is 33.7 Å². The summed E-state index contributed by atoms with van der Waals surface area (Å²) in [4.78, 5) is 8.15. The zero-order valence-corrected chi connectivity index (χ0v) is 10.4. The minimum atomic E-state index is 0.366. The van der Waals surface area contributed by atoms with Gasteiger partial charge in [0, 0.05) is 11.1 Å². The largest absolute Gasteiger partial charge is 0.384 e. The van der Waals surface area contributed by atoms with Gasteiger partial charge in [-0.05, 0) is 25.1 Å². The van der Waals surface area contributed by atoms with Crippen molar-refractivity contribution in [1.29, 1.82) is 5.26 Å². The molecule has 1 heterocycles. The molecule has 3 N–H and O–H groups in total. The molecule has 0 aliphatic rings. The van der Waals surface area contributed by atoms with Crippen molar-refractivity contribution in [2.45, 2.75) is 6.92 Å². The van der Waals surface area contributed by atoms with Crippen LogP contribution < -0.4 is 11.1 Å². The first-order valence-electron chi connectivity index (χ1n) is 5.16. The monoisotopic (exact) mass is 259 g/mol. The number of nitrogens with two attached hydrogens (primary N) is 1. The van der Waals surface area contributed by atoms with Gasteiger partial charge in [-0.15, -0.1) is 0 Å². The third-order valence-corrected chi connectivity index (χ3v) is 2.46. The minimum absolute atomic E-state index is 0.366. The van der Waals surface area contributed by atoms with Crippen LogP contribution in [0.2, 0.25) is 5.02 Å². The Bertz CT molecular complexity index is 613. The smallest absolute Gasteiger partial charge is 0.136 e. The number of benzene rings is 1. The number of hydrogen-bond acceptors (Lipinski definition) is 5. The van der Waals surface area contributed by atoms with Crippen LogP contribution in [0.25, 0.3) is 0 Å². The summed E-state index contributed by atoms with van der Waals surface area (Å²) in [5.41, 5.74) is 6.70. The molecular formula is C12H10ClN5. The molecular weight excluding hydrogens is 250 g/mol. The van der Waals surface area contributed by atoms with Crippen molar-refractivity contribution >= 4 is 28.9 Å². The van der Waals surface area contributed by atoms with E-state index in [0.717, 1.165) is 0 Å². The van der Waals surface area contributed by atoms with Crippen LogP contribution in [0.1, 0.15) is 11.4 Å². The van der Waals surface area contributed by atoms with E-state index in [2.05, 4.69) is 21.4 Å². The van der Waals surface area contributed by atoms with Gasteiger partial charge in [0.05, 0.1) is 11.3 Å². The lowest BCUT2D eigenvalue weighted by Crippen LogP contribution is -2.01. The van der Waals surface area contributed by atoms with Crippen molar-refractivity contribution in [1.82, 2.24) is 9.97 Å². The van der Waals surface area contributed by atoms with E-state index < -0.39 is 0 Å². The second-order valence-electron chi connectivity index (χ2n) is 3.65. The van der Waals surface area contributed by atoms with Crippen LogP contribution in [-0.4, -0.2) is 9.97 Å². The van der Waals surface area contributed by atoms with E-state index in [1.807, 2.05) is 0 Å². The lowest BCUT2D eigenvalue weighted by molar-refractivity contribution is 1.06. The van der Waals surface area contributed by atoms with Crippen molar-refractivity contribution < 1.29 is 0 Å². The summed E-state index contributed by atoms with van der Waals surface area (Å²) >= 11 is 5.90. The van der Waals surface area contributed by atoms with Gasteiger partial charge in [0.1, 0.15) is 23.5 Å². The molecule has 2 rings (SSSR count). The Morgan fingerprint density at radius 3 is 2.78 bits per heavy atom. The normalized spacial score (nSPS) is 9.83. The van der Waals surface area contributed by atoms with Crippen LogP contribution >= 0.6 is 11.6 Å². The molecule has 1 aromatic heterocycles. The molecule has 2 aromatic rings. The Kier molecular flexibility index (Phi) is 3.31. The third kappa shape index (κ3) is 2.67. The summed E-state index contributed by atoms with van der Waals surface area (Å²) in [5, 5.41) is 12.6. The van der Waals surface area contributed by atoms with Gasteiger partial charge in [-0.25, -0.2) is 9.97 Å².